The second-order valence-corrected chi connectivity index (χ2v) is 8.09. The Hall–Kier alpha value is -4.20. The van der Waals surface area contributed by atoms with E-state index in [1.54, 1.807) is 17.6 Å². The average molecular weight is 460 g/mol. The van der Waals surface area contributed by atoms with Crippen LogP contribution in [-0.4, -0.2) is 23.9 Å². The van der Waals surface area contributed by atoms with Gasteiger partial charge in [-0.15, -0.1) is 0 Å². The van der Waals surface area contributed by atoms with Crippen molar-refractivity contribution in [2.24, 2.45) is 5.73 Å². The van der Waals surface area contributed by atoms with Gasteiger partial charge in [0.05, 0.1) is 24.6 Å². The molecule has 34 heavy (non-hydrogen) atoms. The van der Waals surface area contributed by atoms with E-state index in [0.29, 0.717) is 35.1 Å². The van der Waals surface area contributed by atoms with E-state index >= 15 is 0 Å². The molecule has 2 aliphatic heterocycles. The SMILES string of the molecule is CCOC(=O)C1=C(N)Oc2cc(C)n(Cc3ccc4c(c3)OCO4)c(=O)c2C1c1ccccc1. The Balaban J connectivity index is 1.65. The number of nitrogens with two attached hydrogens (primary N) is 1. The molecule has 3 heterocycles. The molecule has 2 N–H and O–H groups in total. The fraction of sp³-hybridized carbons (Fsp3) is 0.231. The van der Waals surface area contributed by atoms with E-state index in [4.69, 9.17) is 24.7 Å². The van der Waals surface area contributed by atoms with E-state index in [-0.39, 0.29) is 30.4 Å². The molecule has 0 saturated carbocycles. The standard InChI is InChI=1S/C26H24N2O6/c1-3-31-26(30)23-21(17-7-5-4-6-8-17)22-20(34-24(23)27)11-15(2)28(25(22)29)13-16-9-10-18-19(12-16)33-14-32-18/h4-12,21H,3,13-14,27H2,1-2H3. The number of pyridine rings is 1. The van der Waals surface area contributed by atoms with Crippen LogP contribution in [0.3, 0.4) is 0 Å². The summed E-state index contributed by atoms with van der Waals surface area (Å²) in [5.74, 6) is 0.264. The van der Waals surface area contributed by atoms with Gasteiger partial charge in [-0.3, -0.25) is 4.79 Å². The first-order valence-corrected chi connectivity index (χ1v) is 11.0. The predicted octanol–water partition coefficient (Wildman–Crippen LogP) is 3.19. The summed E-state index contributed by atoms with van der Waals surface area (Å²) in [4.78, 5) is 26.8. The van der Waals surface area contributed by atoms with Crippen LogP contribution in [0.4, 0.5) is 0 Å². The predicted molar refractivity (Wildman–Crippen MR) is 124 cm³/mol. The summed E-state index contributed by atoms with van der Waals surface area (Å²) in [5.41, 5.74) is 8.70. The molecular weight excluding hydrogens is 436 g/mol. The van der Waals surface area contributed by atoms with Crippen molar-refractivity contribution in [1.29, 1.82) is 0 Å². The fourth-order valence-electron chi connectivity index (χ4n) is 4.39. The molecule has 2 aromatic carbocycles. The minimum Gasteiger partial charge on any atom is -0.462 e. The van der Waals surface area contributed by atoms with Gasteiger partial charge in [-0.1, -0.05) is 36.4 Å². The smallest absolute Gasteiger partial charge is 0.340 e. The van der Waals surface area contributed by atoms with Gasteiger partial charge in [-0.2, -0.15) is 0 Å². The molecule has 0 radical (unpaired) electrons. The molecule has 174 valence electrons. The Bertz CT molecular complexity index is 1360. The quantitative estimate of drug-likeness (QED) is 0.584. The molecule has 1 atom stereocenters. The van der Waals surface area contributed by atoms with Gasteiger partial charge in [0.1, 0.15) is 11.3 Å². The fourth-order valence-corrected chi connectivity index (χ4v) is 4.39. The van der Waals surface area contributed by atoms with Gasteiger partial charge in [0.15, 0.2) is 11.5 Å². The van der Waals surface area contributed by atoms with Gasteiger partial charge >= 0.3 is 5.97 Å². The van der Waals surface area contributed by atoms with Crippen LogP contribution >= 0.6 is 0 Å². The minimum absolute atomic E-state index is 0.0628. The molecule has 0 aliphatic carbocycles. The van der Waals surface area contributed by atoms with Crippen molar-refractivity contribution in [3.05, 3.63) is 98.8 Å². The molecule has 1 unspecified atom stereocenters. The maximum Gasteiger partial charge on any atom is 0.340 e. The van der Waals surface area contributed by atoms with Gasteiger partial charge in [0, 0.05) is 11.8 Å². The number of aryl methyl sites for hydroxylation is 1. The second-order valence-electron chi connectivity index (χ2n) is 8.09. The summed E-state index contributed by atoms with van der Waals surface area (Å²) >= 11 is 0. The third kappa shape index (κ3) is 3.67. The normalized spacial score (nSPS) is 16.1. The summed E-state index contributed by atoms with van der Waals surface area (Å²) in [5, 5.41) is 0. The highest BCUT2D eigenvalue weighted by Crippen LogP contribution is 2.41. The Morgan fingerprint density at radius 2 is 1.85 bits per heavy atom. The Morgan fingerprint density at radius 3 is 2.62 bits per heavy atom. The number of benzene rings is 2. The van der Waals surface area contributed by atoms with Gasteiger partial charge in [-0.25, -0.2) is 4.79 Å². The van der Waals surface area contributed by atoms with Gasteiger partial charge in [0.2, 0.25) is 12.7 Å². The van der Waals surface area contributed by atoms with E-state index in [0.717, 1.165) is 11.1 Å². The van der Waals surface area contributed by atoms with Crippen LogP contribution in [0.25, 0.3) is 0 Å². The van der Waals surface area contributed by atoms with Crippen LogP contribution in [0.5, 0.6) is 17.2 Å². The minimum atomic E-state index is -0.722. The van der Waals surface area contributed by atoms with Gasteiger partial charge in [-0.05, 0) is 37.1 Å². The van der Waals surface area contributed by atoms with Crippen LogP contribution in [0.2, 0.25) is 0 Å². The molecule has 2 aliphatic rings. The van der Waals surface area contributed by atoms with Crippen molar-refractivity contribution in [3.63, 3.8) is 0 Å². The van der Waals surface area contributed by atoms with E-state index in [1.165, 1.54) is 0 Å². The van der Waals surface area contributed by atoms with Crippen molar-refractivity contribution >= 4 is 5.97 Å². The van der Waals surface area contributed by atoms with Crippen LogP contribution in [-0.2, 0) is 16.1 Å². The van der Waals surface area contributed by atoms with Crippen molar-refractivity contribution in [1.82, 2.24) is 4.57 Å². The number of nitrogens with zero attached hydrogens (tertiary/aromatic N) is 1. The van der Waals surface area contributed by atoms with Gasteiger partial charge < -0.3 is 29.2 Å². The Kier molecular flexibility index (Phi) is 5.49. The highest BCUT2D eigenvalue weighted by molar-refractivity contribution is 5.92. The molecule has 8 heteroatoms. The lowest BCUT2D eigenvalue weighted by Gasteiger charge is -2.29. The number of rotatable bonds is 5. The Labute approximate surface area is 196 Å². The molecule has 0 bridgehead atoms. The van der Waals surface area contributed by atoms with Crippen LogP contribution in [0.1, 0.15) is 35.2 Å². The maximum absolute atomic E-state index is 13.9. The highest BCUT2D eigenvalue weighted by Gasteiger charge is 2.38. The van der Waals surface area contributed by atoms with E-state index in [2.05, 4.69) is 0 Å². The molecule has 0 fully saturated rings. The summed E-state index contributed by atoms with van der Waals surface area (Å²) in [6.07, 6.45) is 0. The van der Waals surface area contributed by atoms with Crippen molar-refractivity contribution in [2.45, 2.75) is 26.3 Å². The average Bonchev–Trinajstić information content (AvgIpc) is 3.29. The zero-order valence-corrected chi connectivity index (χ0v) is 18.9. The maximum atomic E-state index is 13.9. The first-order valence-electron chi connectivity index (χ1n) is 11.0. The lowest BCUT2D eigenvalue weighted by Crippen LogP contribution is -2.35. The zero-order valence-electron chi connectivity index (χ0n) is 18.9. The summed E-state index contributed by atoms with van der Waals surface area (Å²) < 4.78 is 23.6. The molecule has 3 aromatic rings. The summed E-state index contributed by atoms with van der Waals surface area (Å²) in [7, 11) is 0. The second kappa shape index (κ2) is 8.62. The first kappa shape index (κ1) is 21.6. The lowest BCUT2D eigenvalue weighted by molar-refractivity contribution is -0.139. The molecule has 0 saturated heterocycles. The topological polar surface area (TPSA) is 102 Å². The number of carbonyl (C=O) groups is 1. The van der Waals surface area contributed by atoms with Crippen LogP contribution in [0, 0.1) is 6.92 Å². The number of carbonyl (C=O) groups excluding carboxylic acids is 1. The lowest BCUT2D eigenvalue weighted by atomic mass is 9.83. The number of aromatic nitrogens is 1. The molecule has 1 aromatic heterocycles. The molecule has 0 spiro atoms. The number of fused-ring (bicyclic) bond motifs is 2. The summed E-state index contributed by atoms with van der Waals surface area (Å²) in [6.45, 7) is 4.20. The molecule has 0 amide bonds. The number of esters is 1. The molecular formula is C26H24N2O6. The number of hydrogen-bond donors (Lipinski definition) is 1. The third-order valence-electron chi connectivity index (χ3n) is 5.98. The number of hydrogen-bond acceptors (Lipinski definition) is 7. The molecule has 5 rings (SSSR count). The Morgan fingerprint density at radius 1 is 1.09 bits per heavy atom. The van der Waals surface area contributed by atoms with Crippen molar-refractivity contribution in [2.75, 3.05) is 13.4 Å². The van der Waals surface area contributed by atoms with Crippen molar-refractivity contribution < 1.29 is 23.7 Å². The van der Waals surface area contributed by atoms with Gasteiger partial charge in [0.25, 0.3) is 5.56 Å². The van der Waals surface area contributed by atoms with E-state index in [1.807, 2.05) is 55.5 Å². The van der Waals surface area contributed by atoms with E-state index < -0.39 is 11.9 Å². The third-order valence-corrected chi connectivity index (χ3v) is 5.98. The van der Waals surface area contributed by atoms with Crippen molar-refractivity contribution in [3.8, 4) is 17.2 Å². The number of ether oxygens (including phenoxy) is 4. The largest absolute Gasteiger partial charge is 0.462 e. The van der Waals surface area contributed by atoms with Crippen LogP contribution in [0.15, 0.2) is 70.8 Å². The van der Waals surface area contributed by atoms with Crippen LogP contribution < -0.4 is 25.5 Å². The summed E-state index contributed by atoms with van der Waals surface area (Å²) in [6, 6.07) is 16.6. The highest BCUT2D eigenvalue weighted by atomic mass is 16.7. The molecule has 8 nitrogen and oxygen atoms in total. The first-order chi connectivity index (χ1) is 16.5. The monoisotopic (exact) mass is 460 g/mol. The zero-order chi connectivity index (χ0) is 23.8. The van der Waals surface area contributed by atoms with E-state index in [9.17, 15) is 9.59 Å².